The Morgan fingerprint density at radius 1 is 1.00 bits per heavy atom. The molecule has 7 heteroatoms. The van der Waals surface area contributed by atoms with E-state index in [2.05, 4.69) is 20.8 Å². The van der Waals surface area contributed by atoms with Crippen molar-refractivity contribution in [2.24, 2.45) is 0 Å². The Morgan fingerprint density at radius 2 is 1.67 bits per heavy atom. The first-order chi connectivity index (χ1) is 15.6. The molecule has 1 aliphatic rings. The summed E-state index contributed by atoms with van der Waals surface area (Å²) in [6.45, 7) is 6.28. The first kappa shape index (κ1) is 22.0. The molecule has 33 heavy (non-hydrogen) atoms. The highest BCUT2D eigenvalue weighted by Crippen LogP contribution is 2.35. The van der Waals surface area contributed by atoms with Gasteiger partial charge in [0.15, 0.2) is 5.76 Å². The highest BCUT2D eigenvalue weighted by atomic mass is 16.6. The lowest BCUT2D eigenvalue weighted by Gasteiger charge is -2.18. The summed E-state index contributed by atoms with van der Waals surface area (Å²) in [5, 5.41) is 10.8. The van der Waals surface area contributed by atoms with Crippen molar-refractivity contribution in [2.75, 3.05) is 0 Å². The average molecular weight is 443 g/mol. The average Bonchev–Trinajstić information content (AvgIpc) is 3.08. The van der Waals surface area contributed by atoms with E-state index in [4.69, 9.17) is 9.47 Å². The fraction of sp³-hybridized carbons (Fsp3) is 0.154. The third-order valence-electron chi connectivity index (χ3n) is 5.24. The number of Topliss-reactive ketones (excluding diaryl/α,β-unsaturated/α-hetero) is 1. The molecule has 166 valence electrons. The van der Waals surface area contributed by atoms with Crippen molar-refractivity contribution in [3.63, 3.8) is 0 Å². The Kier molecular flexibility index (Phi) is 5.55. The van der Waals surface area contributed by atoms with E-state index in [1.54, 1.807) is 18.2 Å². The number of ketones is 1. The van der Waals surface area contributed by atoms with E-state index in [0.29, 0.717) is 16.7 Å². The number of nitrogens with zero attached hydrogens (tertiary/aromatic N) is 1. The number of carbonyl (C=O) groups excluding carboxylic acids is 2. The number of hydrogen-bond donors (Lipinski definition) is 0. The van der Waals surface area contributed by atoms with E-state index < -0.39 is 10.9 Å². The predicted molar refractivity (Wildman–Crippen MR) is 123 cm³/mol. The van der Waals surface area contributed by atoms with E-state index in [-0.39, 0.29) is 34.1 Å². The number of benzene rings is 3. The van der Waals surface area contributed by atoms with Crippen LogP contribution in [0.15, 0.2) is 72.5 Å². The summed E-state index contributed by atoms with van der Waals surface area (Å²) in [6.07, 6.45) is 1.51. The molecule has 3 aromatic carbocycles. The van der Waals surface area contributed by atoms with Crippen molar-refractivity contribution in [2.45, 2.75) is 26.2 Å². The molecular formula is C26H21NO6. The molecule has 0 amide bonds. The summed E-state index contributed by atoms with van der Waals surface area (Å²) in [5.74, 6) is -0.218. The highest BCUT2D eigenvalue weighted by molar-refractivity contribution is 6.14. The van der Waals surface area contributed by atoms with Gasteiger partial charge in [-0.25, -0.2) is 4.79 Å². The van der Waals surface area contributed by atoms with E-state index in [9.17, 15) is 19.7 Å². The van der Waals surface area contributed by atoms with Crippen LogP contribution in [-0.4, -0.2) is 16.7 Å². The van der Waals surface area contributed by atoms with Gasteiger partial charge < -0.3 is 9.47 Å². The maximum atomic E-state index is 12.6. The number of allylic oxidation sites excluding steroid dienone is 1. The molecular weight excluding hydrogens is 422 g/mol. The molecule has 0 saturated heterocycles. The van der Waals surface area contributed by atoms with Crippen LogP contribution in [0.25, 0.3) is 6.08 Å². The summed E-state index contributed by atoms with van der Waals surface area (Å²) in [4.78, 5) is 35.5. The SMILES string of the molecule is CC(C)(C)c1ccc(C(=O)Oc2ccc3c(c2)OC(=Cc2ccc([N+](=O)[O-])cc2)C3=O)cc1. The Bertz CT molecular complexity index is 1280. The van der Waals surface area contributed by atoms with Gasteiger partial charge in [-0.15, -0.1) is 0 Å². The van der Waals surface area contributed by atoms with Crippen LogP contribution in [0.1, 0.15) is 52.6 Å². The molecule has 0 fully saturated rings. The van der Waals surface area contributed by atoms with Crippen LogP contribution in [-0.2, 0) is 5.41 Å². The quantitative estimate of drug-likeness (QED) is 0.168. The van der Waals surface area contributed by atoms with E-state index in [1.165, 1.54) is 42.5 Å². The molecule has 0 radical (unpaired) electrons. The first-order valence-corrected chi connectivity index (χ1v) is 10.3. The van der Waals surface area contributed by atoms with Crippen LogP contribution in [0.3, 0.4) is 0 Å². The molecule has 3 aromatic rings. The zero-order chi connectivity index (χ0) is 23.8. The van der Waals surface area contributed by atoms with Crippen molar-refractivity contribution >= 4 is 23.5 Å². The molecule has 0 unspecified atom stereocenters. The van der Waals surface area contributed by atoms with Gasteiger partial charge in [-0.2, -0.15) is 0 Å². The number of non-ortho nitro benzene ring substituents is 1. The van der Waals surface area contributed by atoms with Gasteiger partial charge in [0.25, 0.3) is 5.69 Å². The molecule has 0 aromatic heterocycles. The molecule has 7 nitrogen and oxygen atoms in total. The number of nitro benzene ring substituents is 1. The molecule has 0 spiro atoms. The molecule has 0 N–H and O–H groups in total. The number of ether oxygens (including phenoxy) is 2. The zero-order valence-electron chi connectivity index (χ0n) is 18.3. The normalized spacial score (nSPS) is 14.0. The van der Waals surface area contributed by atoms with Gasteiger partial charge in [0.2, 0.25) is 5.78 Å². The summed E-state index contributed by atoms with van der Waals surface area (Å²) >= 11 is 0. The maximum absolute atomic E-state index is 12.6. The fourth-order valence-corrected chi connectivity index (χ4v) is 3.35. The highest BCUT2D eigenvalue weighted by Gasteiger charge is 2.28. The van der Waals surface area contributed by atoms with E-state index >= 15 is 0 Å². The number of carbonyl (C=O) groups is 2. The van der Waals surface area contributed by atoms with E-state index in [0.717, 1.165) is 5.56 Å². The second-order valence-corrected chi connectivity index (χ2v) is 8.66. The molecule has 4 rings (SSSR count). The van der Waals surface area contributed by atoms with Gasteiger partial charge in [-0.05, 0) is 59.0 Å². The standard InChI is InChI=1S/C26H21NO6/c1-26(2,3)18-8-6-17(7-9-18)25(29)32-20-12-13-21-22(15-20)33-23(24(21)28)14-16-4-10-19(11-5-16)27(30)31/h4-15H,1-3H3. The second kappa shape index (κ2) is 8.35. The van der Waals surface area contributed by atoms with Gasteiger partial charge in [0.1, 0.15) is 11.5 Å². The number of fused-ring (bicyclic) bond motifs is 1. The largest absolute Gasteiger partial charge is 0.452 e. The third-order valence-corrected chi connectivity index (χ3v) is 5.24. The summed E-state index contributed by atoms with van der Waals surface area (Å²) < 4.78 is 11.1. The zero-order valence-corrected chi connectivity index (χ0v) is 18.3. The monoisotopic (exact) mass is 443 g/mol. The van der Waals surface area contributed by atoms with E-state index in [1.807, 2.05) is 12.1 Å². The third kappa shape index (κ3) is 4.67. The van der Waals surface area contributed by atoms with Gasteiger partial charge in [-0.1, -0.05) is 32.9 Å². The van der Waals surface area contributed by atoms with Crippen molar-refractivity contribution in [3.8, 4) is 11.5 Å². The number of hydrogen-bond acceptors (Lipinski definition) is 6. The lowest BCUT2D eigenvalue weighted by Crippen LogP contribution is -2.12. The van der Waals surface area contributed by atoms with Gasteiger partial charge in [0.05, 0.1) is 16.1 Å². The minimum Gasteiger partial charge on any atom is -0.452 e. The summed E-state index contributed by atoms with van der Waals surface area (Å²) in [5.41, 5.74) is 2.39. The Hall–Kier alpha value is -4.26. The predicted octanol–water partition coefficient (Wildman–Crippen LogP) is 5.73. The fourth-order valence-electron chi connectivity index (χ4n) is 3.35. The van der Waals surface area contributed by atoms with Crippen LogP contribution in [0, 0.1) is 10.1 Å². The molecule has 1 aliphatic heterocycles. The first-order valence-electron chi connectivity index (χ1n) is 10.3. The van der Waals surface area contributed by atoms with Crippen molar-refractivity contribution in [1.82, 2.24) is 0 Å². The van der Waals surface area contributed by atoms with Gasteiger partial charge >= 0.3 is 5.97 Å². The maximum Gasteiger partial charge on any atom is 0.343 e. The summed E-state index contributed by atoms with van der Waals surface area (Å²) in [7, 11) is 0. The van der Waals surface area contributed by atoms with Gasteiger partial charge in [-0.3, -0.25) is 14.9 Å². The number of rotatable bonds is 4. The molecule has 0 saturated carbocycles. The lowest BCUT2D eigenvalue weighted by molar-refractivity contribution is -0.384. The minimum absolute atomic E-state index is 0.0218. The van der Waals surface area contributed by atoms with Crippen LogP contribution in [0.2, 0.25) is 0 Å². The van der Waals surface area contributed by atoms with Crippen LogP contribution in [0.4, 0.5) is 5.69 Å². The topological polar surface area (TPSA) is 95.7 Å². The Labute approximate surface area is 190 Å². The van der Waals surface area contributed by atoms with Gasteiger partial charge in [0, 0.05) is 18.2 Å². The lowest BCUT2D eigenvalue weighted by atomic mass is 9.87. The molecule has 0 bridgehead atoms. The van der Waals surface area contributed by atoms with Crippen molar-refractivity contribution in [1.29, 1.82) is 0 Å². The molecule has 1 heterocycles. The molecule has 0 aliphatic carbocycles. The van der Waals surface area contributed by atoms with Crippen LogP contribution < -0.4 is 9.47 Å². The smallest absolute Gasteiger partial charge is 0.343 e. The number of esters is 1. The number of nitro groups is 1. The Morgan fingerprint density at radius 3 is 2.27 bits per heavy atom. The van der Waals surface area contributed by atoms with Crippen molar-refractivity contribution in [3.05, 3.63) is 105 Å². The summed E-state index contributed by atoms with van der Waals surface area (Å²) in [6, 6.07) is 17.6. The molecule has 0 atom stereocenters. The van der Waals surface area contributed by atoms with Crippen molar-refractivity contribution < 1.29 is 24.0 Å². The van der Waals surface area contributed by atoms with Crippen LogP contribution >= 0.6 is 0 Å². The minimum atomic E-state index is -0.513. The van der Waals surface area contributed by atoms with Crippen LogP contribution in [0.5, 0.6) is 11.5 Å². The Balaban J connectivity index is 1.49. The second-order valence-electron chi connectivity index (χ2n) is 8.66.